The first kappa shape index (κ1) is 28.5. The van der Waals surface area contributed by atoms with Crippen LogP contribution in [0.25, 0.3) is 0 Å². The van der Waals surface area contributed by atoms with Gasteiger partial charge in [0.2, 0.25) is 0 Å². The van der Waals surface area contributed by atoms with Gasteiger partial charge >= 0.3 is 5.97 Å². The molecule has 0 rings (SSSR count). The van der Waals surface area contributed by atoms with Crippen LogP contribution in [0.15, 0.2) is 0 Å². The van der Waals surface area contributed by atoms with Crippen molar-refractivity contribution in [2.45, 2.75) is 128 Å². The third-order valence-electron chi connectivity index (χ3n) is 5.57. The highest BCUT2D eigenvalue weighted by Crippen LogP contribution is 2.14. The maximum Gasteiger partial charge on any atom is 0.303 e. The van der Waals surface area contributed by atoms with Crippen molar-refractivity contribution in [1.82, 2.24) is 0 Å². The van der Waals surface area contributed by atoms with Gasteiger partial charge in [-0.2, -0.15) is 11.8 Å². The van der Waals surface area contributed by atoms with Crippen LogP contribution in [0, 0.1) is 0 Å². The van der Waals surface area contributed by atoms with Gasteiger partial charge in [0.1, 0.15) is 5.78 Å². The summed E-state index contributed by atoms with van der Waals surface area (Å²) < 4.78 is 0. The first-order valence-corrected chi connectivity index (χ1v) is 13.5. The Morgan fingerprint density at radius 2 is 0.966 bits per heavy atom. The van der Waals surface area contributed by atoms with Gasteiger partial charge in [-0.1, -0.05) is 96.3 Å². The van der Waals surface area contributed by atoms with Crippen LogP contribution < -0.4 is 5.73 Å². The highest BCUT2D eigenvalue weighted by atomic mass is 32.2. The minimum Gasteiger partial charge on any atom is -0.481 e. The molecule has 1 unspecified atom stereocenters. The minimum absolute atomic E-state index is 0.232. The molecule has 0 bridgehead atoms. The molecule has 0 aromatic carbocycles. The summed E-state index contributed by atoms with van der Waals surface area (Å²) in [5, 5.41) is 8.58. The molecule has 0 aromatic rings. The summed E-state index contributed by atoms with van der Waals surface area (Å²) in [4.78, 5) is 22.2. The monoisotopic (exact) mass is 429 g/mol. The number of carbonyl (C=O) groups excluding carboxylic acids is 1. The summed E-state index contributed by atoms with van der Waals surface area (Å²) >= 11 is 1.64. The fourth-order valence-corrected chi connectivity index (χ4v) is 4.23. The lowest BCUT2D eigenvalue weighted by Gasteiger charge is -2.08. The van der Waals surface area contributed by atoms with E-state index in [9.17, 15) is 9.59 Å². The molecular weight excluding hydrogens is 382 g/mol. The molecule has 0 heterocycles. The Morgan fingerprint density at radius 1 is 0.655 bits per heavy atom. The molecule has 0 radical (unpaired) electrons. The number of ketones is 1. The molecule has 0 aromatic heterocycles. The largest absolute Gasteiger partial charge is 0.481 e. The Labute approximate surface area is 184 Å². The van der Waals surface area contributed by atoms with Crippen molar-refractivity contribution in [3.8, 4) is 0 Å². The molecule has 0 amide bonds. The summed E-state index contributed by atoms with van der Waals surface area (Å²) in [7, 11) is 0. The number of nitrogens with two attached hydrogens (primary N) is 1. The Bertz CT molecular complexity index is 390. The Kier molecular flexibility index (Phi) is 21.7. The van der Waals surface area contributed by atoms with Gasteiger partial charge in [0.15, 0.2) is 0 Å². The summed E-state index contributed by atoms with van der Waals surface area (Å²) in [5.41, 5.74) is 5.83. The van der Waals surface area contributed by atoms with E-state index < -0.39 is 5.97 Å². The SMILES string of the molecule is CSCC(N)C(=O)CCCCCCCCCCCCCCCCCCCC(=O)O. The molecule has 0 aliphatic rings. The van der Waals surface area contributed by atoms with Crippen LogP contribution in [0.3, 0.4) is 0 Å². The predicted octanol–water partition coefficient (Wildman–Crippen LogP) is 6.74. The summed E-state index contributed by atoms with van der Waals surface area (Å²) in [6.45, 7) is 0. The Hall–Kier alpha value is -0.550. The molecule has 0 fully saturated rings. The number of carboxylic acids is 1. The van der Waals surface area contributed by atoms with Crippen LogP contribution >= 0.6 is 11.8 Å². The van der Waals surface area contributed by atoms with Crippen LogP contribution in [-0.2, 0) is 9.59 Å². The number of hydrogen-bond donors (Lipinski definition) is 2. The lowest BCUT2D eigenvalue weighted by atomic mass is 10.0. The van der Waals surface area contributed by atoms with E-state index in [0.717, 1.165) is 31.4 Å². The van der Waals surface area contributed by atoms with E-state index in [0.29, 0.717) is 12.8 Å². The zero-order valence-corrected chi connectivity index (χ0v) is 19.8. The molecular formula is C24H47NO3S. The Morgan fingerprint density at radius 3 is 1.28 bits per heavy atom. The minimum atomic E-state index is -0.666. The van der Waals surface area contributed by atoms with Crippen molar-refractivity contribution in [3.63, 3.8) is 0 Å². The van der Waals surface area contributed by atoms with Crippen molar-refractivity contribution in [3.05, 3.63) is 0 Å². The Balaban J connectivity index is 3.13. The van der Waals surface area contributed by atoms with Crippen molar-refractivity contribution < 1.29 is 14.7 Å². The van der Waals surface area contributed by atoms with Gasteiger partial charge < -0.3 is 10.8 Å². The lowest BCUT2D eigenvalue weighted by Crippen LogP contribution is -2.32. The van der Waals surface area contributed by atoms with Crippen molar-refractivity contribution in [1.29, 1.82) is 0 Å². The number of hydrogen-bond acceptors (Lipinski definition) is 4. The van der Waals surface area contributed by atoms with Gasteiger partial charge in [-0.05, 0) is 19.1 Å². The van der Waals surface area contributed by atoms with Crippen molar-refractivity contribution in [2.24, 2.45) is 5.73 Å². The number of unbranched alkanes of at least 4 members (excludes halogenated alkanes) is 16. The van der Waals surface area contributed by atoms with E-state index in [1.165, 1.54) is 83.5 Å². The van der Waals surface area contributed by atoms with Crippen LogP contribution in [0.1, 0.15) is 122 Å². The fraction of sp³-hybridized carbons (Fsp3) is 0.917. The van der Waals surface area contributed by atoms with Gasteiger partial charge in [-0.15, -0.1) is 0 Å². The fourth-order valence-electron chi connectivity index (χ4n) is 3.69. The number of carbonyl (C=O) groups is 2. The molecule has 5 heteroatoms. The number of carboxylic acid groups (broad SMARTS) is 1. The van der Waals surface area contributed by atoms with Crippen molar-refractivity contribution >= 4 is 23.5 Å². The molecule has 172 valence electrons. The highest BCUT2D eigenvalue weighted by molar-refractivity contribution is 7.98. The molecule has 29 heavy (non-hydrogen) atoms. The highest BCUT2D eigenvalue weighted by Gasteiger charge is 2.11. The van der Waals surface area contributed by atoms with Gasteiger partial charge in [0, 0.05) is 18.6 Å². The van der Waals surface area contributed by atoms with Crippen molar-refractivity contribution in [2.75, 3.05) is 12.0 Å². The molecule has 0 spiro atoms. The van der Waals surface area contributed by atoms with E-state index in [2.05, 4.69) is 0 Å². The summed E-state index contributed by atoms with van der Waals surface area (Å²) in [5.74, 6) is 0.311. The first-order valence-electron chi connectivity index (χ1n) is 12.1. The average Bonchev–Trinajstić information content (AvgIpc) is 2.69. The number of rotatable bonds is 23. The zero-order valence-electron chi connectivity index (χ0n) is 19.0. The van der Waals surface area contributed by atoms with Gasteiger partial charge in [0.25, 0.3) is 0 Å². The van der Waals surface area contributed by atoms with E-state index in [1.54, 1.807) is 11.8 Å². The van der Waals surface area contributed by atoms with Crippen LogP contribution in [0.5, 0.6) is 0 Å². The second-order valence-electron chi connectivity index (χ2n) is 8.43. The standard InChI is InChI=1S/C24H47NO3S/c1-29-21-22(25)23(26)19-17-15-13-11-9-7-5-3-2-4-6-8-10-12-14-16-18-20-24(27)28/h22H,2-21,25H2,1H3,(H,27,28). The molecule has 3 N–H and O–H groups in total. The first-order chi connectivity index (χ1) is 14.1. The van der Waals surface area contributed by atoms with E-state index in [4.69, 9.17) is 10.8 Å². The number of Topliss-reactive ketones (excluding diaryl/α,β-unsaturated/α-hetero) is 1. The molecule has 0 aliphatic carbocycles. The van der Waals surface area contributed by atoms with Gasteiger partial charge in [0.05, 0.1) is 6.04 Å². The second kappa shape index (κ2) is 22.1. The normalized spacial score (nSPS) is 12.2. The van der Waals surface area contributed by atoms with E-state index in [1.807, 2.05) is 6.26 Å². The zero-order chi connectivity index (χ0) is 21.6. The summed E-state index contributed by atoms with van der Waals surface area (Å²) in [6.07, 6.45) is 24.2. The average molecular weight is 430 g/mol. The number of thioether (sulfide) groups is 1. The third-order valence-corrected chi connectivity index (χ3v) is 6.27. The molecule has 1 atom stereocenters. The maximum absolute atomic E-state index is 11.8. The molecule has 0 saturated carbocycles. The van der Waals surface area contributed by atoms with Gasteiger partial charge in [-0.3, -0.25) is 9.59 Å². The van der Waals surface area contributed by atoms with Crippen LogP contribution in [-0.4, -0.2) is 34.9 Å². The second-order valence-corrected chi connectivity index (χ2v) is 9.34. The maximum atomic E-state index is 11.8. The lowest BCUT2D eigenvalue weighted by molar-refractivity contribution is -0.137. The topological polar surface area (TPSA) is 80.4 Å². The quantitative estimate of drug-likeness (QED) is 0.176. The smallest absolute Gasteiger partial charge is 0.303 e. The number of aliphatic carboxylic acids is 1. The van der Waals surface area contributed by atoms with Crippen LogP contribution in [0.4, 0.5) is 0 Å². The predicted molar refractivity (Wildman–Crippen MR) is 127 cm³/mol. The third kappa shape index (κ3) is 22.0. The molecule has 0 aliphatic heterocycles. The summed E-state index contributed by atoms with van der Waals surface area (Å²) in [6, 6.07) is -0.263. The van der Waals surface area contributed by atoms with E-state index >= 15 is 0 Å². The van der Waals surface area contributed by atoms with Gasteiger partial charge in [-0.25, -0.2) is 0 Å². The van der Waals surface area contributed by atoms with Crippen LogP contribution in [0.2, 0.25) is 0 Å². The molecule has 4 nitrogen and oxygen atoms in total. The van der Waals surface area contributed by atoms with E-state index in [-0.39, 0.29) is 11.8 Å². The molecule has 0 saturated heterocycles.